The van der Waals surface area contributed by atoms with Crippen molar-refractivity contribution < 1.29 is 9.53 Å². The van der Waals surface area contributed by atoms with E-state index in [2.05, 4.69) is 5.32 Å². The van der Waals surface area contributed by atoms with Crippen LogP contribution in [0.1, 0.15) is 34.1 Å². The molecule has 0 spiro atoms. The molecule has 0 radical (unpaired) electrons. The molecule has 0 heterocycles. The van der Waals surface area contributed by atoms with E-state index in [0.717, 1.165) is 13.0 Å². The first-order valence-electron chi connectivity index (χ1n) is 4.46. The van der Waals surface area contributed by atoms with Gasteiger partial charge in [-0.15, -0.1) is 0 Å². The first-order chi connectivity index (χ1) is 5.54. The van der Waals surface area contributed by atoms with Crippen molar-refractivity contribution in [2.75, 3.05) is 13.2 Å². The van der Waals surface area contributed by atoms with E-state index in [9.17, 15) is 4.79 Å². The topological polar surface area (TPSA) is 38.3 Å². The van der Waals surface area contributed by atoms with Crippen molar-refractivity contribution in [2.45, 2.75) is 39.7 Å². The summed E-state index contributed by atoms with van der Waals surface area (Å²) < 4.78 is 5.01. The van der Waals surface area contributed by atoms with Gasteiger partial charge in [0.25, 0.3) is 0 Å². The quantitative estimate of drug-likeness (QED) is 0.637. The molecule has 0 aliphatic carbocycles. The Hall–Kier alpha value is -0.570. The zero-order valence-corrected chi connectivity index (χ0v) is 8.44. The lowest BCUT2D eigenvalue weighted by Gasteiger charge is -2.22. The summed E-state index contributed by atoms with van der Waals surface area (Å²) in [6.45, 7) is 8.88. The number of carbonyl (C=O) groups excluding carboxylic acids is 1. The van der Waals surface area contributed by atoms with E-state index in [1.54, 1.807) is 0 Å². The molecule has 0 aliphatic rings. The first-order valence-corrected chi connectivity index (χ1v) is 4.46. The fraction of sp³-hybridized carbons (Fsp3) is 0.889. The van der Waals surface area contributed by atoms with Crippen molar-refractivity contribution in [3.63, 3.8) is 0 Å². The lowest BCUT2D eigenvalue weighted by Crippen LogP contribution is -2.47. The highest BCUT2D eigenvalue weighted by molar-refractivity contribution is 5.79. The van der Waals surface area contributed by atoms with Gasteiger partial charge in [0.1, 0.15) is 5.54 Å². The molecule has 72 valence electrons. The lowest BCUT2D eigenvalue weighted by molar-refractivity contribution is -0.150. The maximum atomic E-state index is 11.3. The van der Waals surface area contributed by atoms with Gasteiger partial charge in [-0.25, -0.2) is 0 Å². The van der Waals surface area contributed by atoms with Gasteiger partial charge < -0.3 is 10.1 Å². The standard InChI is InChI=1S/C9H19NO2/c1-5-7-12-8(11)9(3,4)10-6-2/h10H,5-7H2,1-4H3. The Kier molecular flexibility index (Phi) is 4.90. The van der Waals surface area contributed by atoms with Gasteiger partial charge in [0.05, 0.1) is 6.61 Å². The Morgan fingerprint density at radius 2 is 2.00 bits per heavy atom. The number of carbonyl (C=O) groups is 1. The molecule has 0 amide bonds. The van der Waals surface area contributed by atoms with Crippen LogP contribution in [0.15, 0.2) is 0 Å². The van der Waals surface area contributed by atoms with Gasteiger partial charge >= 0.3 is 5.97 Å². The molecule has 1 N–H and O–H groups in total. The summed E-state index contributed by atoms with van der Waals surface area (Å²) in [4.78, 5) is 11.3. The second kappa shape index (κ2) is 5.14. The first kappa shape index (κ1) is 11.4. The Morgan fingerprint density at radius 3 is 2.42 bits per heavy atom. The molecule has 0 aromatic heterocycles. The highest BCUT2D eigenvalue weighted by Crippen LogP contribution is 2.04. The summed E-state index contributed by atoms with van der Waals surface area (Å²) in [7, 11) is 0. The molecule has 12 heavy (non-hydrogen) atoms. The molecule has 0 fully saturated rings. The molecule has 0 rings (SSSR count). The summed E-state index contributed by atoms with van der Waals surface area (Å²) in [6.07, 6.45) is 0.869. The van der Waals surface area contributed by atoms with Crippen LogP contribution in [0, 0.1) is 0 Å². The third-order valence-electron chi connectivity index (χ3n) is 1.57. The Morgan fingerprint density at radius 1 is 1.42 bits per heavy atom. The van der Waals surface area contributed by atoms with Crippen LogP contribution in [0.3, 0.4) is 0 Å². The van der Waals surface area contributed by atoms with Gasteiger partial charge in [0.2, 0.25) is 0 Å². The minimum absolute atomic E-state index is 0.175. The van der Waals surface area contributed by atoms with E-state index >= 15 is 0 Å². The van der Waals surface area contributed by atoms with Crippen LogP contribution in [-0.2, 0) is 9.53 Å². The second-order valence-electron chi connectivity index (χ2n) is 3.29. The molecule has 0 saturated carbocycles. The van der Waals surface area contributed by atoms with Crippen molar-refractivity contribution in [1.82, 2.24) is 5.32 Å². The van der Waals surface area contributed by atoms with Gasteiger partial charge in [-0.3, -0.25) is 4.79 Å². The van der Waals surface area contributed by atoms with Crippen LogP contribution in [0.2, 0.25) is 0 Å². The van der Waals surface area contributed by atoms with Crippen LogP contribution in [0.4, 0.5) is 0 Å². The van der Waals surface area contributed by atoms with Crippen molar-refractivity contribution in [2.24, 2.45) is 0 Å². The summed E-state index contributed by atoms with van der Waals surface area (Å²) in [5.41, 5.74) is -0.552. The number of ether oxygens (including phenoxy) is 1. The molecule has 0 atom stereocenters. The molecule has 0 aliphatic heterocycles. The predicted molar refractivity (Wildman–Crippen MR) is 49.0 cm³/mol. The Labute approximate surface area is 74.5 Å². The van der Waals surface area contributed by atoms with E-state index in [-0.39, 0.29) is 5.97 Å². The van der Waals surface area contributed by atoms with Gasteiger partial charge in [0.15, 0.2) is 0 Å². The minimum Gasteiger partial charge on any atom is -0.464 e. The van der Waals surface area contributed by atoms with Crippen LogP contribution in [0.25, 0.3) is 0 Å². The van der Waals surface area contributed by atoms with E-state index in [0.29, 0.717) is 6.61 Å². The summed E-state index contributed by atoms with van der Waals surface area (Å²) in [6, 6.07) is 0. The third-order valence-corrected chi connectivity index (χ3v) is 1.57. The van der Waals surface area contributed by atoms with Gasteiger partial charge in [-0.05, 0) is 26.8 Å². The Balaban J connectivity index is 3.88. The maximum Gasteiger partial charge on any atom is 0.325 e. The van der Waals surface area contributed by atoms with Gasteiger partial charge in [-0.1, -0.05) is 13.8 Å². The summed E-state index contributed by atoms with van der Waals surface area (Å²) in [5, 5.41) is 3.06. The smallest absolute Gasteiger partial charge is 0.325 e. The molecular weight excluding hydrogens is 154 g/mol. The van der Waals surface area contributed by atoms with Crippen molar-refractivity contribution in [3.8, 4) is 0 Å². The average molecular weight is 173 g/mol. The summed E-state index contributed by atoms with van der Waals surface area (Å²) >= 11 is 0. The zero-order valence-electron chi connectivity index (χ0n) is 8.44. The fourth-order valence-corrected chi connectivity index (χ4v) is 0.889. The third kappa shape index (κ3) is 3.72. The van der Waals surface area contributed by atoms with Crippen LogP contribution in [-0.4, -0.2) is 24.7 Å². The average Bonchev–Trinajstić information content (AvgIpc) is 2.00. The molecule has 0 aromatic carbocycles. The number of nitrogens with one attached hydrogen (secondary N) is 1. The molecule has 0 saturated heterocycles. The van der Waals surface area contributed by atoms with Crippen molar-refractivity contribution in [1.29, 1.82) is 0 Å². The minimum atomic E-state index is -0.552. The van der Waals surface area contributed by atoms with Gasteiger partial charge in [-0.2, -0.15) is 0 Å². The van der Waals surface area contributed by atoms with Crippen LogP contribution >= 0.6 is 0 Å². The molecule has 0 unspecified atom stereocenters. The largest absolute Gasteiger partial charge is 0.464 e. The zero-order chi connectivity index (χ0) is 9.61. The molecule has 0 bridgehead atoms. The van der Waals surface area contributed by atoms with Crippen molar-refractivity contribution >= 4 is 5.97 Å². The number of hydrogen-bond donors (Lipinski definition) is 1. The normalized spacial score (nSPS) is 11.3. The van der Waals surface area contributed by atoms with Crippen LogP contribution in [0.5, 0.6) is 0 Å². The molecule has 3 nitrogen and oxygen atoms in total. The number of rotatable bonds is 5. The Bertz CT molecular complexity index is 143. The highest BCUT2D eigenvalue weighted by Gasteiger charge is 2.27. The van der Waals surface area contributed by atoms with E-state index < -0.39 is 5.54 Å². The molecule has 0 aromatic rings. The number of hydrogen-bond acceptors (Lipinski definition) is 3. The fourth-order valence-electron chi connectivity index (χ4n) is 0.889. The highest BCUT2D eigenvalue weighted by atomic mass is 16.5. The monoisotopic (exact) mass is 173 g/mol. The summed E-state index contributed by atoms with van der Waals surface area (Å²) in [5.74, 6) is -0.175. The number of esters is 1. The number of likely N-dealkylation sites (N-methyl/N-ethyl adjacent to an activating group) is 1. The molecule has 3 heteroatoms. The SMILES string of the molecule is CCCOC(=O)C(C)(C)NCC. The van der Waals surface area contributed by atoms with E-state index in [1.807, 2.05) is 27.7 Å². The lowest BCUT2D eigenvalue weighted by atomic mass is 10.1. The van der Waals surface area contributed by atoms with Crippen molar-refractivity contribution in [3.05, 3.63) is 0 Å². The van der Waals surface area contributed by atoms with E-state index in [4.69, 9.17) is 4.74 Å². The van der Waals surface area contributed by atoms with E-state index in [1.165, 1.54) is 0 Å². The molecular formula is C9H19NO2. The second-order valence-corrected chi connectivity index (χ2v) is 3.29. The predicted octanol–water partition coefficient (Wildman–Crippen LogP) is 1.33. The maximum absolute atomic E-state index is 11.3. The van der Waals surface area contributed by atoms with Crippen LogP contribution < -0.4 is 5.32 Å². The van der Waals surface area contributed by atoms with Gasteiger partial charge in [0, 0.05) is 0 Å².